The molecule has 0 spiro atoms. The maximum atomic E-state index is 6.85. The van der Waals surface area contributed by atoms with Crippen LogP contribution in [0.4, 0.5) is 22.7 Å². The minimum absolute atomic E-state index is 0.0177. The van der Waals surface area contributed by atoms with E-state index in [4.69, 9.17) is 9.72 Å². The minimum Gasteiger partial charge on any atom is -0.457 e. The maximum absolute atomic E-state index is 6.85. The summed E-state index contributed by atoms with van der Waals surface area (Å²) in [5.41, 5.74) is 18.9. The number of pyridine rings is 1. The average Bonchev–Trinajstić information content (AvgIpc) is 3.90. The van der Waals surface area contributed by atoms with E-state index in [1.54, 1.807) is 0 Å². The summed E-state index contributed by atoms with van der Waals surface area (Å²) in [7, 11) is 0. The Morgan fingerprint density at radius 2 is 1.10 bits per heavy atom. The van der Waals surface area contributed by atoms with Crippen LogP contribution in [-0.4, -0.2) is 16.2 Å². The summed E-state index contributed by atoms with van der Waals surface area (Å²) in [6.07, 6.45) is 2.03. The predicted octanol–water partition coefficient (Wildman–Crippen LogP) is 17.4. The van der Waals surface area contributed by atoms with E-state index in [1.807, 2.05) is 6.20 Å². The predicted molar refractivity (Wildman–Crippen MR) is 290 cm³/mol. The highest BCUT2D eigenvalue weighted by molar-refractivity contribution is 6.09. The number of aromatic nitrogens is 2. The molecule has 11 rings (SSSR count). The molecule has 5 heteroatoms. The molecule has 0 bridgehead atoms. The number of anilines is 4. The van der Waals surface area contributed by atoms with E-state index in [0.717, 1.165) is 50.7 Å². The first-order valence-electron chi connectivity index (χ1n) is 24.1. The van der Waals surface area contributed by atoms with Gasteiger partial charge in [0.15, 0.2) is 0 Å². The second kappa shape index (κ2) is 17.0. The average molecular weight is 899 g/mol. The van der Waals surface area contributed by atoms with Crippen LogP contribution in [0.25, 0.3) is 61.0 Å². The van der Waals surface area contributed by atoms with Crippen molar-refractivity contribution in [3.05, 3.63) is 217 Å². The fourth-order valence-corrected chi connectivity index (χ4v) is 10.1. The number of ether oxygens (including phenoxy) is 1. The molecular weight excluding hydrogens is 841 g/mol. The Kier molecular flexibility index (Phi) is 10.8. The molecule has 2 aromatic heterocycles. The topological polar surface area (TPSA) is 33.5 Å². The van der Waals surface area contributed by atoms with E-state index in [1.165, 1.54) is 66.8 Å². The van der Waals surface area contributed by atoms with Crippen molar-refractivity contribution >= 4 is 44.6 Å². The van der Waals surface area contributed by atoms with Gasteiger partial charge in [-0.3, -0.25) is 4.57 Å². The molecule has 0 unspecified atom stereocenters. The number of para-hydroxylation sites is 2. The Bertz CT molecular complexity index is 3520. The Balaban J connectivity index is 0.953. The maximum Gasteiger partial charge on any atom is 0.137 e. The van der Waals surface area contributed by atoms with Crippen LogP contribution in [0.15, 0.2) is 194 Å². The summed E-state index contributed by atoms with van der Waals surface area (Å²) >= 11 is 0. The fraction of sp³-hybridized carbons (Fsp3) is 0.172. The lowest BCUT2D eigenvalue weighted by Gasteiger charge is -2.30. The van der Waals surface area contributed by atoms with Crippen LogP contribution in [0, 0.1) is 13.8 Å². The third-order valence-corrected chi connectivity index (χ3v) is 13.9. The molecule has 0 saturated heterocycles. The summed E-state index contributed by atoms with van der Waals surface area (Å²) in [5.74, 6) is 2.40. The highest BCUT2D eigenvalue weighted by Gasteiger charge is 2.33. The molecule has 0 saturated carbocycles. The van der Waals surface area contributed by atoms with Crippen LogP contribution in [0.1, 0.15) is 63.8 Å². The molecular formula is C64H58N4O. The van der Waals surface area contributed by atoms with Gasteiger partial charge in [0.1, 0.15) is 24.0 Å². The van der Waals surface area contributed by atoms with Crippen LogP contribution in [0.3, 0.4) is 0 Å². The minimum atomic E-state index is -0.0177. The van der Waals surface area contributed by atoms with Crippen LogP contribution >= 0.6 is 0 Å². The van der Waals surface area contributed by atoms with Crippen molar-refractivity contribution in [2.24, 2.45) is 0 Å². The summed E-state index contributed by atoms with van der Waals surface area (Å²) in [6.45, 7) is 18.9. The van der Waals surface area contributed by atoms with E-state index in [2.05, 4.69) is 258 Å². The molecule has 0 fully saturated rings. The monoisotopic (exact) mass is 898 g/mol. The van der Waals surface area contributed by atoms with Gasteiger partial charge in [0.25, 0.3) is 0 Å². The van der Waals surface area contributed by atoms with Crippen LogP contribution in [0.2, 0.25) is 0 Å². The number of hydrogen-bond acceptors (Lipinski definition) is 4. The number of hydrogen-bond donors (Lipinski definition) is 0. The number of fused-ring (bicyclic) bond motifs is 4. The highest BCUT2D eigenvalue weighted by atomic mass is 16.5. The molecule has 0 N–H and O–H groups in total. The van der Waals surface area contributed by atoms with Crippen LogP contribution in [-0.2, 0) is 10.8 Å². The van der Waals surface area contributed by atoms with Crippen molar-refractivity contribution in [1.82, 2.24) is 9.55 Å². The number of aryl methyl sites for hydroxylation is 2. The molecule has 0 amide bonds. The Labute approximate surface area is 406 Å². The van der Waals surface area contributed by atoms with Gasteiger partial charge >= 0.3 is 0 Å². The first-order valence-corrected chi connectivity index (χ1v) is 24.1. The van der Waals surface area contributed by atoms with Gasteiger partial charge in [0, 0.05) is 51.6 Å². The van der Waals surface area contributed by atoms with Crippen LogP contribution < -0.4 is 14.5 Å². The SMILES string of the molecule is Cc1cc(-c2ccccc2)ccc1-c1cnc(-n2c3ccccc3c3ccc(Oc4cccc(N5CN(c6cc(C(C)(C)C)cc(C(C)(C)C)c6)c6c(-c7ccccc7)cccc65)c4)cc32)cc1C. The smallest absolute Gasteiger partial charge is 0.137 e. The summed E-state index contributed by atoms with van der Waals surface area (Å²) in [5, 5.41) is 2.32. The lowest BCUT2D eigenvalue weighted by molar-refractivity contribution is 0.483. The zero-order valence-corrected chi connectivity index (χ0v) is 40.9. The first-order chi connectivity index (χ1) is 33.3. The van der Waals surface area contributed by atoms with Gasteiger partial charge in [-0.1, -0.05) is 163 Å². The van der Waals surface area contributed by atoms with Crippen molar-refractivity contribution in [3.8, 4) is 50.7 Å². The van der Waals surface area contributed by atoms with Crippen LogP contribution in [0.5, 0.6) is 11.5 Å². The molecule has 1 aliphatic rings. The van der Waals surface area contributed by atoms with E-state index in [-0.39, 0.29) is 10.8 Å². The lowest BCUT2D eigenvalue weighted by atomic mass is 9.80. The fourth-order valence-electron chi connectivity index (χ4n) is 10.1. The standard InChI is InChI=1S/C64H58N4O/c1-42-33-46(44-19-11-9-12-20-44)29-31-53(42)57-40-65-61(34-43(57)2)68-58-27-16-15-25-55(58)56-32-30-52(39-60(56)68)69-51-24-17-23-49(38-51)66-41-67(50-36-47(63(3,4)5)35-48(37-50)64(6,7)8)62-54(26-18-28-59(62)66)45-21-13-10-14-22-45/h9-40H,41H2,1-8H3. The molecule has 0 atom stereocenters. The molecule has 10 aromatic rings. The van der Waals surface area contributed by atoms with Crippen molar-refractivity contribution in [3.63, 3.8) is 0 Å². The third kappa shape index (κ3) is 8.12. The lowest BCUT2D eigenvalue weighted by Crippen LogP contribution is -2.25. The Hall–Kier alpha value is -7.89. The number of rotatable bonds is 8. The molecule has 8 aromatic carbocycles. The van der Waals surface area contributed by atoms with Gasteiger partial charge in [-0.15, -0.1) is 0 Å². The van der Waals surface area contributed by atoms with Crippen molar-refractivity contribution in [1.29, 1.82) is 0 Å². The van der Waals surface area contributed by atoms with E-state index in [9.17, 15) is 0 Å². The molecule has 5 nitrogen and oxygen atoms in total. The van der Waals surface area contributed by atoms with Gasteiger partial charge in [-0.25, -0.2) is 4.98 Å². The third-order valence-electron chi connectivity index (χ3n) is 13.9. The van der Waals surface area contributed by atoms with E-state index in [0.29, 0.717) is 6.67 Å². The largest absolute Gasteiger partial charge is 0.457 e. The number of nitrogens with zero attached hydrogens (tertiary/aromatic N) is 4. The molecule has 340 valence electrons. The zero-order chi connectivity index (χ0) is 47.6. The number of benzene rings is 8. The normalized spacial score (nSPS) is 12.8. The van der Waals surface area contributed by atoms with Gasteiger partial charge in [-0.2, -0.15) is 0 Å². The molecule has 0 aliphatic carbocycles. The molecule has 3 heterocycles. The summed E-state index contributed by atoms with van der Waals surface area (Å²) < 4.78 is 9.13. The van der Waals surface area contributed by atoms with Gasteiger partial charge in [-0.05, 0) is 124 Å². The second-order valence-corrected chi connectivity index (χ2v) is 20.7. The van der Waals surface area contributed by atoms with E-state index >= 15 is 0 Å². The first kappa shape index (κ1) is 43.7. The second-order valence-electron chi connectivity index (χ2n) is 20.7. The molecule has 1 aliphatic heterocycles. The summed E-state index contributed by atoms with van der Waals surface area (Å²) in [4.78, 5) is 10.1. The van der Waals surface area contributed by atoms with Crippen molar-refractivity contribution in [2.75, 3.05) is 16.5 Å². The van der Waals surface area contributed by atoms with Gasteiger partial charge < -0.3 is 14.5 Å². The quantitative estimate of drug-likeness (QED) is 0.152. The van der Waals surface area contributed by atoms with E-state index < -0.39 is 0 Å². The highest BCUT2D eigenvalue weighted by Crippen LogP contribution is 2.51. The molecule has 0 radical (unpaired) electrons. The van der Waals surface area contributed by atoms with Crippen molar-refractivity contribution in [2.45, 2.75) is 66.2 Å². The summed E-state index contributed by atoms with van der Waals surface area (Å²) in [6, 6.07) is 67.7. The van der Waals surface area contributed by atoms with Gasteiger partial charge in [0.05, 0.1) is 22.4 Å². The van der Waals surface area contributed by atoms with Gasteiger partial charge in [0.2, 0.25) is 0 Å². The molecule has 69 heavy (non-hydrogen) atoms. The van der Waals surface area contributed by atoms with Crippen molar-refractivity contribution < 1.29 is 4.74 Å². The zero-order valence-electron chi connectivity index (χ0n) is 40.9. The Morgan fingerprint density at radius 1 is 0.449 bits per heavy atom. The Morgan fingerprint density at radius 3 is 1.81 bits per heavy atom.